The van der Waals surface area contributed by atoms with Crippen LogP contribution < -0.4 is 15.1 Å². The van der Waals surface area contributed by atoms with Crippen molar-refractivity contribution in [3.05, 3.63) is 24.0 Å². The summed E-state index contributed by atoms with van der Waals surface area (Å²) in [6.45, 7) is 6.27. The summed E-state index contributed by atoms with van der Waals surface area (Å²) in [6.07, 6.45) is 4.56. The molecule has 2 saturated heterocycles. The lowest BCUT2D eigenvalue weighted by Crippen LogP contribution is -2.35. The first kappa shape index (κ1) is 20.4. The van der Waals surface area contributed by atoms with Gasteiger partial charge < -0.3 is 15.0 Å². The molecule has 6 nitrogen and oxygen atoms in total. The van der Waals surface area contributed by atoms with E-state index in [0.29, 0.717) is 23.5 Å². The second-order valence-electron chi connectivity index (χ2n) is 7.82. The zero-order valence-corrected chi connectivity index (χ0v) is 16.9. The van der Waals surface area contributed by atoms with Crippen molar-refractivity contribution in [1.29, 1.82) is 0 Å². The number of nitrogens with zero attached hydrogens (tertiary/aromatic N) is 2. The molecule has 7 heteroatoms. The lowest BCUT2D eigenvalue weighted by atomic mass is 10.1. The van der Waals surface area contributed by atoms with Crippen molar-refractivity contribution in [3.63, 3.8) is 0 Å². The summed E-state index contributed by atoms with van der Waals surface area (Å²) in [5, 5.41) is 2.64. The van der Waals surface area contributed by atoms with E-state index in [0.717, 1.165) is 32.1 Å². The summed E-state index contributed by atoms with van der Waals surface area (Å²) in [7, 11) is 0. The van der Waals surface area contributed by atoms with Crippen LogP contribution in [0.2, 0.25) is 0 Å². The molecule has 2 amide bonds. The molecule has 0 radical (unpaired) electrons. The van der Waals surface area contributed by atoms with Crippen LogP contribution in [-0.4, -0.2) is 43.3 Å². The van der Waals surface area contributed by atoms with Gasteiger partial charge >= 0.3 is 6.09 Å². The second kappa shape index (κ2) is 8.80. The average molecular weight is 391 g/mol. The summed E-state index contributed by atoms with van der Waals surface area (Å²) in [4.78, 5) is 26.8. The van der Waals surface area contributed by atoms with E-state index in [1.807, 2.05) is 0 Å². The molecule has 154 valence electrons. The molecule has 2 unspecified atom stereocenters. The zero-order chi connectivity index (χ0) is 20.3. The zero-order valence-electron chi connectivity index (χ0n) is 16.9. The minimum absolute atomic E-state index is 0.178. The van der Waals surface area contributed by atoms with Gasteiger partial charge in [-0.2, -0.15) is 0 Å². The summed E-state index contributed by atoms with van der Waals surface area (Å²) >= 11 is 0. The summed E-state index contributed by atoms with van der Waals surface area (Å²) < 4.78 is 20.3. The molecule has 0 aromatic heterocycles. The topological polar surface area (TPSA) is 61.9 Å². The fourth-order valence-electron chi connectivity index (χ4n) is 4.20. The van der Waals surface area contributed by atoms with Gasteiger partial charge in [-0.1, -0.05) is 19.8 Å². The molecule has 0 aliphatic carbocycles. The lowest BCUT2D eigenvalue weighted by molar-refractivity contribution is -0.119. The monoisotopic (exact) mass is 391 g/mol. The SMILES string of the molecule is CCCCC1CCC(C)N1c1ccc(N2C[C@H](CNC(C)=O)OC2=O)cc1F. The van der Waals surface area contributed by atoms with Gasteiger partial charge in [0.05, 0.1) is 24.5 Å². The van der Waals surface area contributed by atoms with E-state index in [1.165, 1.54) is 17.9 Å². The van der Waals surface area contributed by atoms with Crippen molar-refractivity contribution in [3.8, 4) is 0 Å². The van der Waals surface area contributed by atoms with Gasteiger partial charge in [-0.3, -0.25) is 9.69 Å². The maximum absolute atomic E-state index is 15.0. The molecule has 2 fully saturated rings. The second-order valence-corrected chi connectivity index (χ2v) is 7.82. The molecule has 28 heavy (non-hydrogen) atoms. The smallest absolute Gasteiger partial charge is 0.414 e. The molecule has 1 aromatic rings. The van der Waals surface area contributed by atoms with Crippen molar-refractivity contribution in [2.75, 3.05) is 22.9 Å². The Balaban J connectivity index is 1.73. The van der Waals surface area contributed by atoms with Crippen molar-refractivity contribution >= 4 is 23.4 Å². The fraction of sp³-hybridized carbons (Fsp3) is 0.619. The predicted octanol–water partition coefficient (Wildman–Crippen LogP) is 3.83. The highest BCUT2D eigenvalue weighted by Crippen LogP contribution is 2.36. The highest BCUT2D eigenvalue weighted by Gasteiger charge is 2.35. The molecule has 2 heterocycles. The van der Waals surface area contributed by atoms with Gasteiger partial charge in [0.1, 0.15) is 11.9 Å². The molecule has 0 bridgehead atoms. The van der Waals surface area contributed by atoms with E-state index >= 15 is 4.39 Å². The third kappa shape index (κ3) is 4.39. The van der Waals surface area contributed by atoms with E-state index in [9.17, 15) is 9.59 Å². The number of halogens is 1. The van der Waals surface area contributed by atoms with Gasteiger partial charge in [0, 0.05) is 19.0 Å². The third-order valence-electron chi connectivity index (χ3n) is 5.65. The van der Waals surface area contributed by atoms with E-state index in [2.05, 4.69) is 24.1 Å². The third-order valence-corrected chi connectivity index (χ3v) is 5.65. The van der Waals surface area contributed by atoms with Crippen LogP contribution in [0.15, 0.2) is 18.2 Å². The number of unbranched alkanes of at least 4 members (excludes halogenated alkanes) is 1. The maximum atomic E-state index is 15.0. The van der Waals surface area contributed by atoms with Crippen LogP contribution in [0.25, 0.3) is 0 Å². The van der Waals surface area contributed by atoms with Crippen LogP contribution in [0.4, 0.5) is 20.6 Å². The number of ether oxygens (including phenoxy) is 1. The van der Waals surface area contributed by atoms with Gasteiger partial charge in [-0.05, 0) is 44.4 Å². The van der Waals surface area contributed by atoms with Crippen molar-refractivity contribution in [2.45, 2.75) is 71.1 Å². The Morgan fingerprint density at radius 1 is 1.36 bits per heavy atom. The normalized spacial score (nSPS) is 24.6. The minimum atomic E-state index is -0.516. The maximum Gasteiger partial charge on any atom is 0.414 e. The summed E-state index contributed by atoms with van der Waals surface area (Å²) in [5.41, 5.74) is 1.09. The Bertz CT molecular complexity index is 727. The van der Waals surface area contributed by atoms with Crippen molar-refractivity contribution in [1.82, 2.24) is 5.32 Å². The largest absolute Gasteiger partial charge is 0.442 e. The van der Waals surface area contributed by atoms with Gasteiger partial charge in [-0.25, -0.2) is 9.18 Å². The Morgan fingerprint density at radius 3 is 2.82 bits per heavy atom. The number of amides is 2. The van der Waals surface area contributed by atoms with E-state index in [1.54, 1.807) is 12.1 Å². The lowest BCUT2D eigenvalue weighted by Gasteiger charge is -2.31. The molecule has 0 spiro atoms. The molecular weight excluding hydrogens is 361 g/mol. The van der Waals surface area contributed by atoms with E-state index in [-0.39, 0.29) is 24.8 Å². The van der Waals surface area contributed by atoms with Crippen LogP contribution >= 0.6 is 0 Å². The van der Waals surface area contributed by atoms with Crippen LogP contribution in [0.1, 0.15) is 52.9 Å². The Morgan fingerprint density at radius 2 is 2.14 bits per heavy atom. The number of nitrogens with one attached hydrogen (secondary N) is 1. The summed E-state index contributed by atoms with van der Waals surface area (Å²) in [5.74, 6) is -0.492. The van der Waals surface area contributed by atoms with Crippen LogP contribution in [0.5, 0.6) is 0 Å². The Labute approximate surface area is 166 Å². The highest BCUT2D eigenvalue weighted by atomic mass is 19.1. The molecule has 3 rings (SSSR count). The highest BCUT2D eigenvalue weighted by molar-refractivity contribution is 5.90. The predicted molar refractivity (Wildman–Crippen MR) is 107 cm³/mol. The van der Waals surface area contributed by atoms with Crippen LogP contribution in [0.3, 0.4) is 0 Å². The summed E-state index contributed by atoms with van der Waals surface area (Å²) in [6, 6.07) is 5.65. The fourth-order valence-corrected chi connectivity index (χ4v) is 4.20. The number of hydrogen-bond acceptors (Lipinski definition) is 4. The average Bonchev–Trinajstić information content (AvgIpc) is 3.21. The van der Waals surface area contributed by atoms with Crippen LogP contribution in [-0.2, 0) is 9.53 Å². The molecule has 1 N–H and O–H groups in total. The number of carbonyl (C=O) groups excluding carboxylic acids is 2. The molecule has 0 saturated carbocycles. The molecule has 1 aromatic carbocycles. The van der Waals surface area contributed by atoms with Gasteiger partial charge in [0.25, 0.3) is 0 Å². The molecule has 3 atom stereocenters. The first-order chi connectivity index (χ1) is 13.4. The number of rotatable bonds is 7. The Kier molecular flexibility index (Phi) is 6.42. The van der Waals surface area contributed by atoms with Gasteiger partial charge in [0.15, 0.2) is 0 Å². The standard InChI is InChI=1S/C21H30FN3O3/c1-4-5-6-16-8-7-14(2)25(16)20-10-9-17(11-19(20)22)24-13-18(28-21(24)27)12-23-15(3)26/h9-11,14,16,18H,4-8,12-13H2,1-3H3,(H,23,26)/t14?,16?,18-/m0/s1. The van der Waals surface area contributed by atoms with Crippen LogP contribution in [0, 0.1) is 5.82 Å². The first-order valence-electron chi connectivity index (χ1n) is 10.2. The molecule has 2 aliphatic rings. The molecular formula is C21H30FN3O3. The minimum Gasteiger partial charge on any atom is -0.442 e. The number of benzene rings is 1. The van der Waals surface area contributed by atoms with Crippen molar-refractivity contribution < 1.29 is 18.7 Å². The quantitative estimate of drug-likeness (QED) is 0.767. The van der Waals surface area contributed by atoms with Gasteiger partial charge in [0.2, 0.25) is 5.91 Å². The number of carbonyl (C=O) groups is 2. The Hall–Kier alpha value is -2.31. The van der Waals surface area contributed by atoms with Crippen molar-refractivity contribution in [2.24, 2.45) is 0 Å². The van der Waals surface area contributed by atoms with E-state index in [4.69, 9.17) is 4.74 Å². The van der Waals surface area contributed by atoms with E-state index < -0.39 is 12.2 Å². The number of anilines is 2. The van der Waals surface area contributed by atoms with Gasteiger partial charge in [-0.15, -0.1) is 0 Å². The number of cyclic esters (lactones) is 1. The first-order valence-corrected chi connectivity index (χ1v) is 10.2. The molecule has 2 aliphatic heterocycles. The number of hydrogen-bond donors (Lipinski definition) is 1.